The lowest BCUT2D eigenvalue weighted by Crippen LogP contribution is -2.56. The van der Waals surface area contributed by atoms with Gasteiger partial charge < -0.3 is 10.6 Å². The molecule has 0 unspecified atom stereocenters. The molecular formula is C21H27N5O2. The van der Waals surface area contributed by atoms with E-state index in [4.69, 9.17) is 0 Å². The zero-order chi connectivity index (χ0) is 19.9. The van der Waals surface area contributed by atoms with Crippen LogP contribution in [-0.4, -0.2) is 52.2 Å². The molecule has 148 valence electrons. The van der Waals surface area contributed by atoms with Gasteiger partial charge in [-0.3, -0.25) is 19.2 Å². The first-order chi connectivity index (χ1) is 13.5. The number of amides is 2. The smallest absolute Gasteiger partial charge is 0.237 e. The molecule has 1 aliphatic rings. The second-order valence-corrected chi connectivity index (χ2v) is 7.01. The van der Waals surface area contributed by atoms with E-state index >= 15 is 0 Å². The minimum Gasteiger partial charge on any atom is -0.353 e. The Morgan fingerprint density at radius 3 is 2.86 bits per heavy atom. The fourth-order valence-corrected chi connectivity index (χ4v) is 3.35. The molecule has 0 bridgehead atoms. The lowest BCUT2D eigenvalue weighted by molar-refractivity contribution is -0.133. The SMILES string of the molecule is Cc1nn(C)cc1CNC(=O)C[C@H]1C(=O)NCCN1C/C=C/c1ccccc1. The van der Waals surface area contributed by atoms with Crippen LogP contribution >= 0.6 is 0 Å². The van der Waals surface area contributed by atoms with Crippen molar-refractivity contribution in [1.82, 2.24) is 25.3 Å². The summed E-state index contributed by atoms with van der Waals surface area (Å²) in [6, 6.07) is 9.57. The number of nitrogens with one attached hydrogen (secondary N) is 2. The number of nitrogens with zero attached hydrogens (tertiary/aromatic N) is 3. The number of hydrogen-bond acceptors (Lipinski definition) is 4. The molecule has 1 aromatic heterocycles. The van der Waals surface area contributed by atoms with Crippen LogP contribution < -0.4 is 10.6 Å². The number of piperazine rings is 1. The van der Waals surface area contributed by atoms with E-state index in [0.29, 0.717) is 19.6 Å². The Bertz CT molecular complexity index is 844. The fraction of sp³-hybridized carbons (Fsp3) is 0.381. The summed E-state index contributed by atoms with van der Waals surface area (Å²) in [4.78, 5) is 26.8. The van der Waals surface area contributed by atoms with Crippen molar-refractivity contribution in [3.63, 3.8) is 0 Å². The molecule has 3 rings (SSSR count). The van der Waals surface area contributed by atoms with Gasteiger partial charge in [0, 0.05) is 45.0 Å². The molecule has 1 aromatic carbocycles. The summed E-state index contributed by atoms with van der Waals surface area (Å²) in [6.07, 6.45) is 6.11. The first kappa shape index (κ1) is 19.8. The van der Waals surface area contributed by atoms with Gasteiger partial charge in [0.25, 0.3) is 0 Å². The molecule has 7 heteroatoms. The van der Waals surface area contributed by atoms with E-state index in [1.807, 2.05) is 67.6 Å². The predicted octanol–water partition coefficient (Wildman–Crippen LogP) is 1.25. The van der Waals surface area contributed by atoms with E-state index in [9.17, 15) is 9.59 Å². The molecule has 0 saturated carbocycles. The average Bonchev–Trinajstić information content (AvgIpc) is 3.00. The molecule has 1 saturated heterocycles. The highest BCUT2D eigenvalue weighted by atomic mass is 16.2. The van der Waals surface area contributed by atoms with Crippen molar-refractivity contribution in [2.45, 2.75) is 25.9 Å². The first-order valence-electron chi connectivity index (χ1n) is 9.52. The molecule has 2 N–H and O–H groups in total. The lowest BCUT2D eigenvalue weighted by atomic mass is 10.1. The van der Waals surface area contributed by atoms with Crippen LogP contribution in [0.5, 0.6) is 0 Å². The number of hydrogen-bond donors (Lipinski definition) is 2. The van der Waals surface area contributed by atoms with E-state index in [-0.39, 0.29) is 18.2 Å². The summed E-state index contributed by atoms with van der Waals surface area (Å²) in [5.74, 6) is -0.227. The van der Waals surface area contributed by atoms with Crippen molar-refractivity contribution in [3.05, 3.63) is 59.4 Å². The Morgan fingerprint density at radius 2 is 2.14 bits per heavy atom. The van der Waals surface area contributed by atoms with Crippen LogP contribution in [0.25, 0.3) is 6.08 Å². The summed E-state index contributed by atoms with van der Waals surface area (Å²) < 4.78 is 1.73. The van der Waals surface area contributed by atoms with Gasteiger partial charge in [-0.15, -0.1) is 0 Å². The fourth-order valence-electron chi connectivity index (χ4n) is 3.35. The summed E-state index contributed by atoms with van der Waals surface area (Å²) in [6.45, 7) is 4.29. The standard InChI is InChI=1S/C21H27N5O2/c1-16-18(15-25(2)24-16)14-23-20(27)13-19-21(28)22-10-12-26(19)11-6-9-17-7-4-3-5-8-17/h3-9,15,19H,10-14H2,1-2H3,(H,22,28)(H,23,27)/b9-6+/t19-/m0/s1. The van der Waals surface area contributed by atoms with E-state index in [1.54, 1.807) is 4.68 Å². The van der Waals surface area contributed by atoms with Gasteiger partial charge in [-0.2, -0.15) is 5.10 Å². The molecule has 7 nitrogen and oxygen atoms in total. The molecule has 1 atom stereocenters. The Morgan fingerprint density at radius 1 is 1.36 bits per heavy atom. The molecule has 1 fully saturated rings. The molecule has 0 radical (unpaired) electrons. The quantitative estimate of drug-likeness (QED) is 0.757. The van der Waals surface area contributed by atoms with Gasteiger partial charge >= 0.3 is 0 Å². The van der Waals surface area contributed by atoms with E-state index in [1.165, 1.54) is 0 Å². The van der Waals surface area contributed by atoms with E-state index in [0.717, 1.165) is 23.4 Å². The lowest BCUT2D eigenvalue weighted by Gasteiger charge is -2.33. The molecule has 1 aliphatic heterocycles. The van der Waals surface area contributed by atoms with Crippen LogP contribution in [0.3, 0.4) is 0 Å². The third-order valence-electron chi connectivity index (χ3n) is 4.86. The van der Waals surface area contributed by atoms with Crippen LogP contribution in [0.4, 0.5) is 0 Å². The molecule has 2 amide bonds. The van der Waals surface area contributed by atoms with E-state index in [2.05, 4.69) is 15.7 Å². The summed E-state index contributed by atoms with van der Waals surface area (Å²) in [5.41, 5.74) is 2.99. The maximum Gasteiger partial charge on any atom is 0.237 e. The predicted molar refractivity (Wildman–Crippen MR) is 108 cm³/mol. The van der Waals surface area contributed by atoms with Crippen molar-refractivity contribution >= 4 is 17.9 Å². The second-order valence-electron chi connectivity index (χ2n) is 7.01. The van der Waals surface area contributed by atoms with Gasteiger partial charge in [-0.25, -0.2) is 0 Å². The van der Waals surface area contributed by atoms with Crippen LogP contribution in [0, 0.1) is 6.92 Å². The number of carbonyl (C=O) groups excluding carboxylic acids is 2. The zero-order valence-electron chi connectivity index (χ0n) is 16.4. The molecule has 2 aromatic rings. The summed E-state index contributed by atoms with van der Waals surface area (Å²) >= 11 is 0. The van der Waals surface area contributed by atoms with Gasteiger partial charge in [-0.1, -0.05) is 42.5 Å². The van der Waals surface area contributed by atoms with Gasteiger partial charge in [-0.05, 0) is 12.5 Å². The van der Waals surface area contributed by atoms with Crippen molar-refractivity contribution in [2.75, 3.05) is 19.6 Å². The van der Waals surface area contributed by atoms with Crippen molar-refractivity contribution in [1.29, 1.82) is 0 Å². The number of carbonyl (C=O) groups is 2. The van der Waals surface area contributed by atoms with E-state index < -0.39 is 6.04 Å². The van der Waals surface area contributed by atoms with Crippen LogP contribution in [0.2, 0.25) is 0 Å². The van der Waals surface area contributed by atoms with Crippen molar-refractivity contribution in [2.24, 2.45) is 7.05 Å². The topological polar surface area (TPSA) is 79.3 Å². The third kappa shape index (κ3) is 5.29. The van der Waals surface area contributed by atoms with Crippen molar-refractivity contribution < 1.29 is 9.59 Å². The minimum atomic E-state index is -0.454. The van der Waals surface area contributed by atoms with Crippen molar-refractivity contribution in [3.8, 4) is 0 Å². The molecular weight excluding hydrogens is 354 g/mol. The summed E-state index contributed by atoms with van der Waals surface area (Å²) in [7, 11) is 1.85. The number of aryl methyl sites for hydroxylation is 2. The Labute approximate surface area is 165 Å². The summed E-state index contributed by atoms with van der Waals surface area (Å²) in [5, 5.41) is 10.0. The maximum atomic E-state index is 12.4. The number of aromatic nitrogens is 2. The van der Waals surface area contributed by atoms with Gasteiger partial charge in [0.05, 0.1) is 18.2 Å². The highest BCUT2D eigenvalue weighted by Crippen LogP contribution is 2.11. The molecule has 2 heterocycles. The monoisotopic (exact) mass is 381 g/mol. The third-order valence-corrected chi connectivity index (χ3v) is 4.86. The maximum absolute atomic E-state index is 12.4. The van der Waals surface area contributed by atoms with Crippen LogP contribution in [0.15, 0.2) is 42.6 Å². The van der Waals surface area contributed by atoms with Gasteiger partial charge in [0.2, 0.25) is 11.8 Å². The number of benzene rings is 1. The minimum absolute atomic E-state index is 0.0907. The normalized spacial score (nSPS) is 17.6. The second kappa shape index (κ2) is 9.32. The van der Waals surface area contributed by atoms with Crippen LogP contribution in [-0.2, 0) is 23.2 Å². The molecule has 0 aliphatic carbocycles. The Balaban J connectivity index is 1.55. The average molecular weight is 381 g/mol. The Hall–Kier alpha value is -2.93. The molecule has 28 heavy (non-hydrogen) atoms. The highest BCUT2D eigenvalue weighted by molar-refractivity contribution is 5.88. The zero-order valence-corrected chi connectivity index (χ0v) is 16.4. The highest BCUT2D eigenvalue weighted by Gasteiger charge is 2.30. The van der Waals surface area contributed by atoms with Gasteiger partial charge in [0.1, 0.15) is 0 Å². The molecule has 0 spiro atoms. The first-order valence-corrected chi connectivity index (χ1v) is 9.52. The largest absolute Gasteiger partial charge is 0.353 e. The Kier molecular flexibility index (Phi) is 6.60. The van der Waals surface area contributed by atoms with Gasteiger partial charge in [0.15, 0.2) is 0 Å². The number of rotatable bonds is 7. The van der Waals surface area contributed by atoms with Crippen LogP contribution in [0.1, 0.15) is 23.2 Å².